The third kappa shape index (κ3) is 2.63. The molecule has 1 N–H and O–H groups in total. The zero-order valence-corrected chi connectivity index (χ0v) is 8.80. The Bertz CT molecular complexity index is 283. The lowest BCUT2D eigenvalue weighted by Crippen LogP contribution is -1.94. The SMILES string of the molecule is Cc1cc(C(C)CCCl)ccc1O. The monoisotopic (exact) mass is 198 g/mol. The number of hydrogen-bond donors (Lipinski definition) is 1. The Labute approximate surface area is 84.4 Å². The summed E-state index contributed by atoms with van der Waals surface area (Å²) in [4.78, 5) is 0. The summed E-state index contributed by atoms with van der Waals surface area (Å²) < 4.78 is 0. The van der Waals surface area contributed by atoms with Crippen LogP contribution in [0.25, 0.3) is 0 Å². The minimum absolute atomic E-state index is 0.363. The van der Waals surface area contributed by atoms with Gasteiger partial charge in [0.1, 0.15) is 5.75 Å². The van der Waals surface area contributed by atoms with E-state index < -0.39 is 0 Å². The van der Waals surface area contributed by atoms with E-state index in [0.29, 0.717) is 17.5 Å². The van der Waals surface area contributed by atoms with Crippen molar-refractivity contribution in [1.82, 2.24) is 0 Å². The molecule has 72 valence electrons. The smallest absolute Gasteiger partial charge is 0.118 e. The first-order chi connectivity index (χ1) is 6.15. The van der Waals surface area contributed by atoms with E-state index in [9.17, 15) is 5.11 Å². The molecule has 1 atom stereocenters. The predicted octanol–water partition coefficient (Wildman–Crippen LogP) is 3.43. The second-order valence-electron chi connectivity index (χ2n) is 3.42. The topological polar surface area (TPSA) is 20.2 Å². The molecule has 0 aliphatic carbocycles. The lowest BCUT2D eigenvalue weighted by Gasteiger charge is -2.11. The van der Waals surface area contributed by atoms with E-state index in [1.807, 2.05) is 19.1 Å². The Kier molecular flexibility index (Phi) is 3.61. The molecule has 0 spiro atoms. The highest BCUT2D eigenvalue weighted by Crippen LogP contribution is 2.24. The van der Waals surface area contributed by atoms with Crippen LogP contribution in [0, 0.1) is 6.92 Å². The van der Waals surface area contributed by atoms with Gasteiger partial charge in [0, 0.05) is 5.88 Å². The Hall–Kier alpha value is -0.690. The molecular formula is C11H15ClO. The minimum atomic E-state index is 0.363. The van der Waals surface area contributed by atoms with Crippen LogP contribution in [-0.2, 0) is 0 Å². The number of alkyl halides is 1. The standard InChI is InChI=1S/C11H15ClO/c1-8(5-6-12)10-3-4-11(13)9(2)7-10/h3-4,7-8,13H,5-6H2,1-2H3. The van der Waals surface area contributed by atoms with Gasteiger partial charge in [0.15, 0.2) is 0 Å². The van der Waals surface area contributed by atoms with Gasteiger partial charge in [0.05, 0.1) is 0 Å². The van der Waals surface area contributed by atoms with E-state index in [2.05, 4.69) is 6.92 Å². The zero-order chi connectivity index (χ0) is 9.84. The van der Waals surface area contributed by atoms with Gasteiger partial charge in [-0.1, -0.05) is 19.1 Å². The van der Waals surface area contributed by atoms with E-state index in [4.69, 9.17) is 11.6 Å². The van der Waals surface area contributed by atoms with Crippen LogP contribution in [0.2, 0.25) is 0 Å². The molecule has 0 saturated heterocycles. The molecule has 0 aliphatic rings. The Balaban J connectivity index is 2.84. The van der Waals surface area contributed by atoms with E-state index in [1.165, 1.54) is 5.56 Å². The van der Waals surface area contributed by atoms with Crippen LogP contribution < -0.4 is 0 Å². The molecule has 1 aromatic rings. The number of halogens is 1. The lowest BCUT2D eigenvalue weighted by molar-refractivity contribution is 0.470. The molecule has 13 heavy (non-hydrogen) atoms. The summed E-state index contributed by atoms with van der Waals surface area (Å²) >= 11 is 5.67. The van der Waals surface area contributed by atoms with Crippen molar-refractivity contribution in [3.63, 3.8) is 0 Å². The van der Waals surface area contributed by atoms with Gasteiger partial charge in [-0.25, -0.2) is 0 Å². The molecule has 1 nitrogen and oxygen atoms in total. The number of aromatic hydroxyl groups is 1. The third-order valence-corrected chi connectivity index (χ3v) is 2.55. The quantitative estimate of drug-likeness (QED) is 0.738. The molecule has 0 bridgehead atoms. The summed E-state index contributed by atoms with van der Waals surface area (Å²) in [5, 5.41) is 9.33. The summed E-state index contributed by atoms with van der Waals surface area (Å²) in [6.45, 7) is 4.06. The van der Waals surface area contributed by atoms with Gasteiger partial charge in [0.25, 0.3) is 0 Å². The first kappa shape index (κ1) is 10.4. The maximum Gasteiger partial charge on any atom is 0.118 e. The van der Waals surface area contributed by atoms with Crippen LogP contribution in [0.3, 0.4) is 0 Å². The Morgan fingerprint density at radius 2 is 2.15 bits per heavy atom. The highest BCUT2D eigenvalue weighted by Gasteiger charge is 2.05. The fourth-order valence-electron chi connectivity index (χ4n) is 1.32. The molecule has 0 aliphatic heterocycles. The first-order valence-corrected chi connectivity index (χ1v) is 5.04. The molecule has 0 amide bonds. The Morgan fingerprint density at radius 1 is 1.46 bits per heavy atom. The van der Waals surface area contributed by atoms with Crippen molar-refractivity contribution < 1.29 is 5.11 Å². The van der Waals surface area contributed by atoms with Crippen molar-refractivity contribution in [3.05, 3.63) is 29.3 Å². The molecule has 1 rings (SSSR count). The van der Waals surface area contributed by atoms with Gasteiger partial charge >= 0.3 is 0 Å². The van der Waals surface area contributed by atoms with Crippen molar-refractivity contribution in [2.24, 2.45) is 0 Å². The molecule has 0 saturated carbocycles. The largest absolute Gasteiger partial charge is 0.508 e. The Morgan fingerprint density at radius 3 is 2.69 bits per heavy atom. The molecule has 0 heterocycles. The van der Waals surface area contributed by atoms with Crippen molar-refractivity contribution in [1.29, 1.82) is 0 Å². The molecular weight excluding hydrogens is 184 g/mol. The van der Waals surface area contributed by atoms with Crippen molar-refractivity contribution in [2.75, 3.05) is 5.88 Å². The summed E-state index contributed by atoms with van der Waals surface area (Å²) in [5.41, 5.74) is 2.18. The zero-order valence-electron chi connectivity index (χ0n) is 8.05. The molecule has 0 fully saturated rings. The van der Waals surface area contributed by atoms with Crippen LogP contribution in [-0.4, -0.2) is 11.0 Å². The highest BCUT2D eigenvalue weighted by atomic mass is 35.5. The number of benzene rings is 1. The lowest BCUT2D eigenvalue weighted by atomic mass is 9.97. The van der Waals surface area contributed by atoms with Gasteiger partial charge in [0.2, 0.25) is 0 Å². The van der Waals surface area contributed by atoms with Crippen molar-refractivity contribution >= 4 is 11.6 Å². The van der Waals surface area contributed by atoms with Gasteiger partial charge in [-0.05, 0) is 36.5 Å². The van der Waals surface area contributed by atoms with Gasteiger partial charge < -0.3 is 5.11 Å². The van der Waals surface area contributed by atoms with Gasteiger partial charge in [-0.2, -0.15) is 0 Å². The second kappa shape index (κ2) is 4.52. The average molecular weight is 199 g/mol. The van der Waals surface area contributed by atoms with Crippen LogP contribution in [0.15, 0.2) is 18.2 Å². The number of aryl methyl sites for hydroxylation is 1. The number of rotatable bonds is 3. The average Bonchev–Trinajstić information content (AvgIpc) is 2.10. The number of phenolic OH excluding ortho intramolecular Hbond substituents is 1. The van der Waals surface area contributed by atoms with Crippen LogP contribution in [0.1, 0.15) is 30.4 Å². The van der Waals surface area contributed by atoms with Crippen molar-refractivity contribution in [3.8, 4) is 5.75 Å². The highest BCUT2D eigenvalue weighted by molar-refractivity contribution is 6.17. The maximum atomic E-state index is 9.33. The molecule has 0 aromatic heterocycles. The van der Waals surface area contributed by atoms with E-state index in [-0.39, 0.29) is 0 Å². The normalized spacial score (nSPS) is 12.8. The fourth-order valence-corrected chi connectivity index (χ4v) is 1.64. The van der Waals surface area contributed by atoms with E-state index in [1.54, 1.807) is 6.07 Å². The summed E-state index contributed by atoms with van der Waals surface area (Å²) in [6, 6.07) is 5.72. The van der Waals surface area contributed by atoms with Gasteiger partial charge in [-0.3, -0.25) is 0 Å². The summed E-state index contributed by atoms with van der Waals surface area (Å²) in [6.07, 6.45) is 0.978. The molecule has 0 radical (unpaired) electrons. The molecule has 2 heteroatoms. The summed E-state index contributed by atoms with van der Waals surface area (Å²) in [7, 11) is 0. The van der Waals surface area contributed by atoms with E-state index >= 15 is 0 Å². The molecule has 1 aromatic carbocycles. The summed E-state index contributed by atoms with van der Waals surface area (Å²) in [5.74, 6) is 1.51. The van der Waals surface area contributed by atoms with Crippen molar-refractivity contribution in [2.45, 2.75) is 26.2 Å². The first-order valence-electron chi connectivity index (χ1n) is 4.50. The van der Waals surface area contributed by atoms with Gasteiger partial charge in [-0.15, -0.1) is 11.6 Å². The van der Waals surface area contributed by atoms with Crippen LogP contribution in [0.5, 0.6) is 5.75 Å². The van der Waals surface area contributed by atoms with Crippen LogP contribution >= 0.6 is 11.6 Å². The second-order valence-corrected chi connectivity index (χ2v) is 3.80. The van der Waals surface area contributed by atoms with Crippen LogP contribution in [0.4, 0.5) is 0 Å². The maximum absolute atomic E-state index is 9.33. The third-order valence-electron chi connectivity index (χ3n) is 2.33. The minimum Gasteiger partial charge on any atom is -0.508 e. The van der Waals surface area contributed by atoms with E-state index in [0.717, 1.165) is 12.0 Å². The molecule has 1 unspecified atom stereocenters. The predicted molar refractivity (Wildman–Crippen MR) is 56.6 cm³/mol. The number of hydrogen-bond acceptors (Lipinski definition) is 1. The number of phenols is 1. The fraction of sp³-hybridized carbons (Fsp3) is 0.455.